The largest absolute Gasteiger partial charge is 0.480 e. The highest BCUT2D eigenvalue weighted by atomic mass is 35.5. The molecule has 6 nitrogen and oxygen atoms in total. The van der Waals surface area contributed by atoms with Crippen LogP contribution in [0.25, 0.3) is 0 Å². The summed E-state index contributed by atoms with van der Waals surface area (Å²) >= 11 is 5.92. The van der Waals surface area contributed by atoms with Gasteiger partial charge in [0, 0.05) is 6.20 Å². The average molecular weight is 367 g/mol. The first-order valence-corrected chi connectivity index (χ1v) is 7.42. The molecule has 2 rings (SSSR count). The van der Waals surface area contributed by atoms with Gasteiger partial charge in [-0.2, -0.15) is 13.2 Å². The van der Waals surface area contributed by atoms with E-state index >= 15 is 0 Å². The van der Waals surface area contributed by atoms with Gasteiger partial charge in [-0.1, -0.05) is 11.6 Å². The second-order valence-corrected chi connectivity index (χ2v) is 5.86. The fourth-order valence-corrected chi connectivity index (χ4v) is 2.03. The summed E-state index contributed by atoms with van der Waals surface area (Å²) in [6, 6.07) is -0.930. The maximum Gasteiger partial charge on any atom is 0.391 e. The average Bonchev–Trinajstić information content (AvgIpc) is 3.27. The van der Waals surface area contributed by atoms with E-state index in [0.717, 1.165) is 19.0 Å². The highest BCUT2D eigenvalue weighted by molar-refractivity contribution is 6.32. The van der Waals surface area contributed by atoms with Crippen LogP contribution in [0.5, 0.6) is 5.88 Å². The minimum Gasteiger partial charge on any atom is -0.480 e. The van der Waals surface area contributed by atoms with Gasteiger partial charge in [-0.05, 0) is 24.8 Å². The third-order valence-electron chi connectivity index (χ3n) is 3.26. The molecule has 132 valence electrons. The van der Waals surface area contributed by atoms with Gasteiger partial charge in [-0.15, -0.1) is 0 Å². The van der Waals surface area contributed by atoms with Gasteiger partial charge in [0.25, 0.3) is 5.91 Å². The molecule has 1 aliphatic carbocycles. The van der Waals surface area contributed by atoms with E-state index in [2.05, 4.69) is 4.98 Å². The number of carbonyl (C=O) groups excluding carboxylic acids is 1. The van der Waals surface area contributed by atoms with E-state index in [-0.39, 0.29) is 16.5 Å². The number of ether oxygens (including phenoxy) is 1. The van der Waals surface area contributed by atoms with Gasteiger partial charge in [0.05, 0.1) is 18.6 Å². The Hall–Kier alpha value is -2.03. The first-order chi connectivity index (χ1) is 11.2. The molecular weight excluding hydrogens is 353 g/mol. The summed E-state index contributed by atoms with van der Waals surface area (Å²) in [5.41, 5.74) is -0.160. The number of aliphatic carboxylic acids is 1. The first kappa shape index (κ1) is 18.3. The minimum atomic E-state index is -4.73. The lowest BCUT2D eigenvalue weighted by molar-refractivity contribution is -0.157. The molecule has 24 heavy (non-hydrogen) atoms. The Bertz CT molecular complexity index is 635. The Balaban J connectivity index is 2.02. The van der Waals surface area contributed by atoms with Crippen molar-refractivity contribution in [3.63, 3.8) is 0 Å². The lowest BCUT2D eigenvalue weighted by Gasteiger charge is -2.16. The number of pyridine rings is 1. The second-order valence-electron chi connectivity index (χ2n) is 5.45. The molecular formula is C14H14ClF3N2O4. The number of hydrogen-bond acceptors (Lipinski definition) is 4. The zero-order chi connectivity index (χ0) is 17.9. The smallest absolute Gasteiger partial charge is 0.391 e. The fraction of sp³-hybridized carbons (Fsp3) is 0.500. The molecule has 1 heterocycles. The number of hydrogen-bond donors (Lipinski definition) is 2. The highest BCUT2D eigenvalue weighted by Gasteiger charge is 2.36. The summed E-state index contributed by atoms with van der Waals surface area (Å²) < 4.78 is 42.3. The third kappa shape index (κ3) is 5.55. The van der Waals surface area contributed by atoms with Gasteiger partial charge < -0.3 is 15.2 Å². The van der Waals surface area contributed by atoms with Crippen molar-refractivity contribution in [2.75, 3.05) is 6.61 Å². The van der Waals surface area contributed by atoms with Crippen LogP contribution in [0.1, 0.15) is 29.6 Å². The molecule has 10 heteroatoms. The van der Waals surface area contributed by atoms with Crippen molar-refractivity contribution in [3.8, 4) is 5.88 Å². The lowest BCUT2D eigenvalue weighted by Crippen LogP contribution is -2.43. The zero-order valence-corrected chi connectivity index (χ0v) is 13.0. The van der Waals surface area contributed by atoms with Crippen LogP contribution >= 0.6 is 11.6 Å². The number of carbonyl (C=O) groups is 2. The predicted octanol–water partition coefficient (Wildman–Crippen LogP) is 2.66. The molecule has 1 saturated carbocycles. The van der Waals surface area contributed by atoms with E-state index in [0.29, 0.717) is 12.5 Å². The van der Waals surface area contributed by atoms with Crippen LogP contribution in [0.2, 0.25) is 5.02 Å². The first-order valence-electron chi connectivity index (χ1n) is 7.04. The zero-order valence-electron chi connectivity index (χ0n) is 12.3. The van der Waals surface area contributed by atoms with E-state index in [1.165, 1.54) is 6.07 Å². The normalized spacial score (nSPS) is 15.7. The molecule has 1 aromatic rings. The number of rotatable bonds is 7. The van der Waals surface area contributed by atoms with Crippen LogP contribution in [-0.2, 0) is 4.79 Å². The van der Waals surface area contributed by atoms with Crippen molar-refractivity contribution in [2.24, 2.45) is 5.92 Å². The summed E-state index contributed by atoms with van der Waals surface area (Å²) in [5.74, 6) is -2.23. The summed E-state index contributed by atoms with van der Waals surface area (Å²) in [6.45, 7) is 0.449. The van der Waals surface area contributed by atoms with Crippen molar-refractivity contribution in [3.05, 3.63) is 22.8 Å². The van der Waals surface area contributed by atoms with Gasteiger partial charge in [0.2, 0.25) is 5.88 Å². The summed E-state index contributed by atoms with van der Waals surface area (Å²) in [7, 11) is 0. The molecule has 0 bridgehead atoms. The second kappa shape index (κ2) is 7.25. The van der Waals surface area contributed by atoms with Gasteiger partial charge in [0.1, 0.15) is 11.1 Å². The summed E-state index contributed by atoms with van der Waals surface area (Å²) in [4.78, 5) is 26.6. The molecule has 2 N–H and O–H groups in total. The highest BCUT2D eigenvalue weighted by Crippen LogP contribution is 2.31. The van der Waals surface area contributed by atoms with Crippen LogP contribution in [0.4, 0.5) is 13.2 Å². The van der Waals surface area contributed by atoms with E-state index in [9.17, 15) is 22.8 Å². The number of aromatic nitrogens is 1. The van der Waals surface area contributed by atoms with Crippen LogP contribution in [0.3, 0.4) is 0 Å². The van der Waals surface area contributed by atoms with Gasteiger partial charge in [-0.3, -0.25) is 4.79 Å². The SMILES string of the molecule is O=C(NC(CC(F)(F)F)C(=O)O)c1cnc(OCC2CC2)c(Cl)c1. The molecule has 0 saturated heterocycles. The molecule has 1 aliphatic rings. The molecule has 1 unspecified atom stereocenters. The lowest BCUT2D eigenvalue weighted by atomic mass is 10.2. The summed E-state index contributed by atoms with van der Waals surface area (Å²) in [6.07, 6.45) is -3.22. The standard InChI is InChI=1S/C14H14ClF3N2O4/c15-9-3-8(5-19-12(9)24-6-7-1-2-7)11(21)20-10(13(22)23)4-14(16,17)18/h3,5,7,10H,1-2,4,6H2,(H,20,21)(H,22,23). The van der Waals surface area contributed by atoms with Crippen LogP contribution in [0, 0.1) is 5.92 Å². The van der Waals surface area contributed by atoms with E-state index in [1.54, 1.807) is 5.32 Å². The number of halogens is 4. The van der Waals surface area contributed by atoms with Crippen molar-refractivity contribution in [1.82, 2.24) is 10.3 Å². The number of nitrogens with zero attached hydrogens (tertiary/aromatic N) is 1. The van der Waals surface area contributed by atoms with E-state index in [1.807, 2.05) is 0 Å². The van der Waals surface area contributed by atoms with Gasteiger partial charge in [-0.25, -0.2) is 9.78 Å². The summed E-state index contributed by atoms with van der Waals surface area (Å²) in [5, 5.41) is 10.6. The predicted molar refractivity (Wildman–Crippen MR) is 77.0 cm³/mol. The molecule has 1 aromatic heterocycles. The van der Waals surface area contributed by atoms with Crippen LogP contribution in [-0.4, -0.2) is 40.8 Å². The molecule has 0 aromatic carbocycles. The van der Waals surface area contributed by atoms with Crippen LogP contribution < -0.4 is 10.1 Å². The van der Waals surface area contributed by atoms with E-state index in [4.69, 9.17) is 21.4 Å². The molecule has 1 amide bonds. The Morgan fingerprint density at radius 1 is 1.46 bits per heavy atom. The van der Waals surface area contributed by atoms with Crippen molar-refractivity contribution >= 4 is 23.5 Å². The fourth-order valence-electron chi connectivity index (χ4n) is 1.81. The molecule has 0 radical (unpaired) electrons. The quantitative estimate of drug-likeness (QED) is 0.774. The van der Waals surface area contributed by atoms with Gasteiger partial charge in [0.15, 0.2) is 0 Å². The van der Waals surface area contributed by atoms with Crippen LogP contribution in [0.15, 0.2) is 12.3 Å². The number of alkyl halides is 3. The maximum atomic E-state index is 12.3. The number of carboxylic acid groups (broad SMARTS) is 1. The molecule has 0 aliphatic heterocycles. The Kier molecular flexibility index (Phi) is 5.53. The Labute approximate surface area is 140 Å². The maximum absolute atomic E-state index is 12.3. The van der Waals surface area contributed by atoms with E-state index < -0.39 is 30.5 Å². The number of carboxylic acids is 1. The molecule has 0 spiro atoms. The van der Waals surface area contributed by atoms with Gasteiger partial charge >= 0.3 is 12.1 Å². The van der Waals surface area contributed by atoms with Crippen molar-refractivity contribution in [1.29, 1.82) is 0 Å². The monoisotopic (exact) mass is 366 g/mol. The topological polar surface area (TPSA) is 88.5 Å². The van der Waals surface area contributed by atoms with Crippen molar-refractivity contribution in [2.45, 2.75) is 31.5 Å². The molecule has 1 fully saturated rings. The Morgan fingerprint density at radius 3 is 2.62 bits per heavy atom. The Morgan fingerprint density at radius 2 is 2.12 bits per heavy atom. The molecule has 1 atom stereocenters. The third-order valence-corrected chi connectivity index (χ3v) is 3.53. The number of nitrogens with one attached hydrogen (secondary N) is 1. The van der Waals surface area contributed by atoms with Crippen molar-refractivity contribution < 1.29 is 32.6 Å². The number of amides is 1. The minimum absolute atomic E-state index is 0.0194.